The van der Waals surface area contributed by atoms with Gasteiger partial charge in [0.25, 0.3) is 0 Å². The van der Waals surface area contributed by atoms with E-state index in [1.807, 2.05) is 23.4 Å². The van der Waals surface area contributed by atoms with Crippen molar-refractivity contribution in [2.75, 3.05) is 11.5 Å². The first-order valence-electron chi connectivity index (χ1n) is 5.23. The van der Waals surface area contributed by atoms with Crippen LogP contribution >= 0.6 is 27.7 Å². The Bertz CT molecular complexity index is 364. The lowest BCUT2D eigenvalue weighted by Crippen LogP contribution is -2.25. The molecule has 0 aromatic carbocycles. The van der Waals surface area contributed by atoms with Crippen molar-refractivity contribution in [3.05, 3.63) is 10.2 Å². The molecule has 0 aliphatic carbocycles. The molecule has 2 atom stereocenters. The van der Waals surface area contributed by atoms with Crippen molar-refractivity contribution in [3.63, 3.8) is 0 Å². The highest BCUT2D eigenvalue weighted by Crippen LogP contribution is 2.37. The van der Waals surface area contributed by atoms with Crippen molar-refractivity contribution in [2.45, 2.75) is 38.0 Å². The Hall–Kier alpha value is -0.160. The van der Waals surface area contributed by atoms with Crippen molar-refractivity contribution in [2.24, 2.45) is 0 Å². The van der Waals surface area contributed by atoms with Crippen molar-refractivity contribution in [1.29, 1.82) is 0 Å². The molecular weight excluding hydrogens is 274 g/mol. The molecule has 0 saturated carbocycles. The summed E-state index contributed by atoms with van der Waals surface area (Å²) in [5.41, 5.74) is 7.02. The molecule has 0 bridgehead atoms. The summed E-state index contributed by atoms with van der Waals surface area (Å²) in [7, 11) is 0. The Morgan fingerprint density at radius 2 is 2.33 bits per heavy atom. The zero-order valence-electron chi connectivity index (χ0n) is 9.03. The van der Waals surface area contributed by atoms with E-state index in [0.29, 0.717) is 11.3 Å². The maximum atomic E-state index is 6.04. The van der Waals surface area contributed by atoms with Crippen LogP contribution in [0, 0.1) is 6.92 Å². The van der Waals surface area contributed by atoms with E-state index in [9.17, 15) is 0 Å². The van der Waals surface area contributed by atoms with Gasteiger partial charge in [-0.1, -0.05) is 6.92 Å². The maximum absolute atomic E-state index is 6.04. The molecule has 1 aromatic rings. The van der Waals surface area contributed by atoms with Crippen LogP contribution in [-0.2, 0) is 0 Å². The Balaban J connectivity index is 2.31. The summed E-state index contributed by atoms with van der Waals surface area (Å²) in [6.45, 7) is 4.25. The molecule has 84 valence electrons. The average molecular weight is 290 g/mol. The van der Waals surface area contributed by atoms with Gasteiger partial charge < -0.3 is 5.73 Å². The van der Waals surface area contributed by atoms with Gasteiger partial charge in [-0.3, -0.25) is 0 Å². The number of nitrogens with two attached hydrogens (primary N) is 1. The normalized spacial score (nSPS) is 26.9. The number of halogens is 1. The van der Waals surface area contributed by atoms with Crippen LogP contribution in [-0.4, -0.2) is 20.8 Å². The van der Waals surface area contributed by atoms with Gasteiger partial charge in [0.05, 0.1) is 16.2 Å². The minimum absolute atomic E-state index is 0.453. The highest BCUT2D eigenvalue weighted by atomic mass is 79.9. The molecular formula is C10H16BrN3S. The topological polar surface area (TPSA) is 43.8 Å². The van der Waals surface area contributed by atoms with Crippen LogP contribution in [0.5, 0.6) is 0 Å². The molecule has 0 radical (unpaired) electrons. The second-order valence-corrected chi connectivity index (χ2v) is 6.29. The molecule has 2 rings (SSSR count). The summed E-state index contributed by atoms with van der Waals surface area (Å²) < 4.78 is 2.95. The van der Waals surface area contributed by atoms with Crippen molar-refractivity contribution in [1.82, 2.24) is 9.78 Å². The lowest BCUT2D eigenvalue weighted by atomic mass is 10.1. The number of anilines is 1. The van der Waals surface area contributed by atoms with E-state index in [1.54, 1.807) is 0 Å². The summed E-state index contributed by atoms with van der Waals surface area (Å²) in [6, 6.07) is 0.453. The molecule has 3 nitrogen and oxygen atoms in total. The fraction of sp³-hybridized carbons (Fsp3) is 0.700. The van der Waals surface area contributed by atoms with Crippen molar-refractivity contribution >= 4 is 33.5 Å². The number of aromatic nitrogens is 2. The molecule has 5 heteroatoms. The lowest BCUT2D eigenvalue weighted by Gasteiger charge is -2.29. The van der Waals surface area contributed by atoms with Gasteiger partial charge in [0.15, 0.2) is 0 Å². The molecule has 1 aliphatic rings. The molecule has 2 heterocycles. The lowest BCUT2D eigenvalue weighted by molar-refractivity contribution is 0.413. The minimum atomic E-state index is 0.453. The van der Waals surface area contributed by atoms with E-state index >= 15 is 0 Å². The van der Waals surface area contributed by atoms with Crippen LogP contribution in [0.4, 0.5) is 5.82 Å². The van der Waals surface area contributed by atoms with Crippen LogP contribution in [0.25, 0.3) is 0 Å². The highest BCUT2D eigenvalue weighted by Gasteiger charge is 2.26. The largest absolute Gasteiger partial charge is 0.383 e. The van der Waals surface area contributed by atoms with Gasteiger partial charge in [-0.25, -0.2) is 4.68 Å². The smallest absolute Gasteiger partial charge is 0.136 e. The Labute approximate surface area is 103 Å². The van der Waals surface area contributed by atoms with Gasteiger partial charge >= 0.3 is 0 Å². The number of nitrogen functional groups attached to an aromatic ring is 1. The minimum Gasteiger partial charge on any atom is -0.383 e. The second kappa shape index (κ2) is 4.37. The first kappa shape index (κ1) is 11.3. The molecule has 2 unspecified atom stereocenters. The Kier molecular flexibility index (Phi) is 3.30. The monoisotopic (exact) mass is 289 g/mol. The molecule has 1 saturated heterocycles. The summed E-state index contributed by atoms with van der Waals surface area (Å²) in [4.78, 5) is 0. The molecule has 0 spiro atoms. The number of rotatable bonds is 1. The fourth-order valence-electron chi connectivity index (χ4n) is 2.03. The summed E-state index contributed by atoms with van der Waals surface area (Å²) in [5, 5.41) is 5.12. The summed E-state index contributed by atoms with van der Waals surface area (Å²) >= 11 is 5.48. The standard InChI is InChI=1S/C10H16BrN3S/c1-6-9(11)10(12)14(13-6)8-4-3-5-15-7(8)2/h7-8H,3-5,12H2,1-2H3. The van der Waals surface area contributed by atoms with E-state index in [2.05, 4.69) is 28.0 Å². The van der Waals surface area contributed by atoms with E-state index < -0.39 is 0 Å². The van der Waals surface area contributed by atoms with Crippen molar-refractivity contribution in [3.8, 4) is 0 Å². The zero-order chi connectivity index (χ0) is 11.0. The fourth-order valence-corrected chi connectivity index (χ4v) is 3.47. The predicted molar refractivity (Wildman–Crippen MR) is 69.3 cm³/mol. The molecule has 2 N–H and O–H groups in total. The number of hydrogen-bond acceptors (Lipinski definition) is 3. The molecule has 15 heavy (non-hydrogen) atoms. The van der Waals surface area contributed by atoms with Gasteiger partial charge in [-0.05, 0) is 41.4 Å². The van der Waals surface area contributed by atoms with E-state index in [4.69, 9.17) is 5.73 Å². The third kappa shape index (κ3) is 2.04. The third-order valence-electron chi connectivity index (χ3n) is 2.93. The van der Waals surface area contributed by atoms with Crippen LogP contribution in [0.15, 0.2) is 4.47 Å². The number of aryl methyl sites for hydroxylation is 1. The number of thioether (sulfide) groups is 1. The predicted octanol–water partition coefficient (Wildman–Crippen LogP) is 2.99. The zero-order valence-corrected chi connectivity index (χ0v) is 11.4. The summed E-state index contributed by atoms with van der Waals surface area (Å²) in [6.07, 6.45) is 2.45. The van der Waals surface area contributed by atoms with Crippen LogP contribution in [0.1, 0.15) is 31.5 Å². The number of nitrogens with zero attached hydrogens (tertiary/aromatic N) is 2. The highest BCUT2D eigenvalue weighted by molar-refractivity contribution is 9.10. The van der Waals surface area contributed by atoms with Crippen molar-refractivity contribution < 1.29 is 0 Å². The quantitative estimate of drug-likeness (QED) is 0.864. The Morgan fingerprint density at radius 1 is 1.60 bits per heavy atom. The van der Waals surface area contributed by atoms with Crippen LogP contribution < -0.4 is 5.73 Å². The molecule has 0 amide bonds. The second-order valence-electron chi connectivity index (χ2n) is 4.01. The van der Waals surface area contributed by atoms with Gasteiger partial charge in [-0.2, -0.15) is 16.9 Å². The van der Waals surface area contributed by atoms with Gasteiger partial charge in [0.1, 0.15) is 5.82 Å². The van der Waals surface area contributed by atoms with E-state index in [1.165, 1.54) is 18.6 Å². The SMILES string of the molecule is Cc1nn(C2CCCSC2C)c(N)c1Br. The molecule has 1 fully saturated rings. The van der Waals surface area contributed by atoms with E-state index in [-0.39, 0.29) is 0 Å². The van der Waals surface area contributed by atoms with Gasteiger partial charge in [-0.15, -0.1) is 0 Å². The summed E-state index contributed by atoms with van der Waals surface area (Å²) in [5.74, 6) is 2.03. The van der Waals surface area contributed by atoms with Gasteiger partial charge in [0.2, 0.25) is 0 Å². The van der Waals surface area contributed by atoms with Crippen LogP contribution in [0.2, 0.25) is 0 Å². The molecule has 1 aromatic heterocycles. The number of hydrogen-bond donors (Lipinski definition) is 1. The maximum Gasteiger partial charge on any atom is 0.136 e. The first-order valence-corrected chi connectivity index (χ1v) is 7.07. The van der Waals surface area contributed by atoms with Crippen LogP contribution in [0.3, 0.4) is 0 Å². The van der Waals surface area contributed by atoms with E-state index in [0.717, 1.165) is 16.0 Å². The molecule has 1 aliphatic heterocycles. The van der Waals surface area contributed by atoms with Gasteiger partial charge in [0, 0.05) is 5.25 Å². The third-order valence-corrected chi connectivity index (χ3v) is 5.27. The average Bonchev–Trinajstić information content (AvgIpc) is 2.47. The Morgan fingerprint density at radius 3 is 2.87 bits per heavy atom. The first-order chi connectivity index (χ1) is 7.11.